The number of rotatable bonds is 3. The molecule has 2 aromatic heterocycles. The van der Waals surface area contributed by atoms with Gasteiger partial charge in [0.15, 0.2) is 0 Å². The molecule has 0 aliphatic rings. The Hall–Kier alpha value is -2.77. The maximum atomic E-state index is 11.5. The monoisotopic (exact) mass is 247 g/mol. The Bertz CT molecular complexity index is 652. The summed E-state index contributed by atoms with van der Waals surface area (Å²) in [5.74, 6) is 0.274. The number of anilines is 1. The molecule has 0 atom stereocenters. The number of aromatic nitrogens is 3. The maximum Gasteiger partial charge on any atom is 0.348 e. The van der Waals surface area contributed by atoms with Crippen LogP contribution < -0.4 is 11.4 Å². The van der Waals surface area contributed by atoms with Crippen LogP contribution in [0.25, 0.3) is 0 Å². The largest absolute Gasteiger partial charge is 0.383 e. The molecule has 0 spiro atoms. The number of hydrogen-bond acceptors (Lipinski definition) is 6. The lowest BCUT2D eigenvalue weighted by atomic mass is 10.2. The van der Waals surface area contributed by atoms with Gasteiger partial charge in [-0.3, -0.25) is 14.7 Å². The zero-order valence-electron chi connectivity index (χ0n) is 9.18. The van der Waals surface area contributed by atoms with Crippen molar-refractivity contribution in [1.29, 1.82) is 0 Å². The van der Waals surface area contributed by atoms with Crippen molar-refractivity contribution in [3.63, 3.8) is 0 Å². The smallest absolute Gasteiger partial charge is 0.348 e. The van der Waals surface area contributed by atoms with Gasteiger partial charge in [0.2, 0.25) is 0 Å². The highest BCUT2D eigenvalue weighted by atomic mass is 16.6. The van der Waals surface area contributed by atoms with E-state index < -0.39 is 10.6 Å². The number of hydrogen-bond donors (Lipinski definition) is 1. The molecule has 0 fully saturated rings. The van der Waals surface area contributed by atoms with E-state index in [9.17, 15) is 14.9 Å². The topological polar surface area (TPSA) is 117 Å². The molecule has 0 saturated heterocycles. The van der Waals surface area contributed by atoms with E-state index in [0.717, 1.165) is 17.0 Å². The molecule has 0 aliphatic heterocycles. The molecular weight excluding hydrogens is 238 g/mol. The summed E-state index contributed by atoms with van der Waals surface area (Å²) in [5, 5.41) is 10.6. The zero-order valence-corrected chi connectivity index (χ0v) is 9.18. The summed E-state index contributed by atoms with van der Waals surface area (Å²) in [4.78, 5) is 28.8. The van der Waals surface area contributed by atoms with Gasteiger partial charge in [0.1, 0.15) is 12.0 Å². The minimum absolute atomic E-state index is 0.0905. The van der Waals surface area contributed by atoms with E-state index >= 15 is 0 Å². The van der Waals surface area contributed by atoms with Crippen LogP contribution in [0.3, 0.4) is 0 Å². The van der Waals surface area contributed by atoms with Gasteiger partial charge in [-0.05, 0) is 6.07 Å². The van der Waals surface area contributed by atoms with E-state index in [1.54, 1.807) is 12.1 Å². The predicted octanol–water partition coefficient (Wildman–Crippen LogP) is 0.177. The van der Waals surface area contributed by atoms with Crippen LogP contribution in [0.1, 0.15) is 5.56 Å². The summed E-state index contributed by atoms with van der Waals surface area (Å²) in [7, 11) is 0. The Morgan fingerprint density at radius 1 is 1.44 bits per heavy atom. The number of nitrogen functional groups attached to an aromatic ring is 1. The van der Waals surface area contributed by atoms with Gasteiger partial charge in [-0.2, -0.15) is 4.98 Å². The van der Waals surface area contributed by atoms with Crippen molar-refractivity contribution in [2.75, 3.05) is 5.73 Å². The molecule has 18 heavy (non-hydrogen) atoms. The van der Waals surface area contributed by atoms with Gasteiger partial charge in [0.25, 0.3) is 0 Å². The SMILES string of the molecule is Nc1ncccc1Cn1cc([N+](=O)[O-])cnc1=O. The summed E-state index contributed by atoms with van der Waals surface area (Å²) in [6.45, 7) is 0.0905. The molecule has 0 aromatic carbocycles. The van der Waals surface area contributed by atoms with Crippen LogP contribution in [0.4, 0.5) is 11.5 Å². The van der Waals surface area contributed by atoms with E-state index in [0.29, 0.717) is 5.56 Å². The molecule has 0 unspecified atom stereocenters. The highest BCUT2D eigenvalue weighted by Crippen LogP contribution is 2.10. The van der Waals surface area contributed by atoms with Crippen LogP contribution in [-0.4, -0.2) is 19.5 Å². The van der Waals surface area contributed by atoms with Crippen LogP contribution in [0, 0.1) is 10.1 Å². The average molecular weight is 247 g/mol. The van der Waals surface area contributed by atoms with Crippen molar-refractivity contribution in [3.8, 4) is 0 Å². The van der Waals surface area contributed by atoms with Gasteiger partial charge < -0.3 is 5.73 Å². The van der Waals surface area contributed by atoms with E-state index in [1.807, 2.05) is 0 Å². The molecule has 0 saturated carbocycles. The van der Waals surface area contributed by atoms with E-state index in [-0.39, 0.29) is 18.1 Å². The number of pyridine rings is 1. The predicted molar refractivity (Wildman–Crippen MR) is 62.9 cm³/mol. The van der Waals surface area contributed by atoms with E-state index in [2.05, 4.69) is 9.97 Å². The second-order valence-electron chi connectivity index (χ2n) is 3.53. The fourth-order valence-electron chi connectivity index (χ4n) is 1.42. The molecule has 2 aromatic rings. The standard InChI is InChI=1S/C10H9N5O3/c11-9-7(2-1-3-12-9)5-14-6-8(15(17)18)4-13-10(14)16/h1-4,6H,5H2,(H2,11,12). The molecular formula is C10H9N5O3. The van der Waals surface area contributed by atoms with Crippen molar-refractivity contribution >= 4 is 11.5 Å². The molecule has 8 heteroatoms. The number of nitro groups is 1. The Kier molecular flexibility index (Phi) is 3.00. The van der Waals surface area contributed by atoms with Gasteiger partial charge in [-0.1, -0.05) is 6.07 Å². The number of nitrogens with zero attached hydrogens (tertiary/aromatic N) is 4. The first-order chi connectivity index (χ1) is 8.58. The van der Waals surface area contributed by atoms with Crippen molar-refractivity contribution in [3.05, 3.63) is 56.9 Å². The van der Waals surface area contributed by atoms with Crippen LogP contribution in [-0.2, 0) is 6.54 Å². The van der Waals surface area contributed by atoms with Gasteiger partial charge in [0.05, 0.1) is 17.7 Å². The first-order valence-electron chi connectivity index (χ1n) is 4.98. The second-order valence-corrected chi connectivity index (χ2v) is 3.53. The summed E-state index contributed by atoms with van der Waals surface area (Å²) >= 11 is 0. The minimum atomic E-state index is -0.616. The zero-order chi connectivity index (χ0) is 13.1. The van der Waals surface area contributed by atoms with E-state index in [1.165, 1.54) is 6.20 Å². The Balaban J connectivity index is 2.40. The molecule has 0 aliphatic carbocycles. The number of nitrogens with two attached hydrogens (primary N) is 1. The molecule has 0 radical (unpaired) electrons. The van der Waals surface area contributed by atoms with Crippen molar-refractivity contribution in [2.24, 2.45) is 0 Å². The van der Waals surface area contributed by atoms with Crippen LogP contribution in [0.15, 0.2) is 35.5 Å². The van der Waals surface area contributed by atoms with Crippen molar-refractivity contribution < 1.29 is 4.92 Å². The third kappa shape index (κ3) is 2.32. The highest BCUT2D eigenvalue weighted by Gasteiger charge is 2.10. The molecule has 8 nitrogen and oxygen atoms in total. The summed E-state index contributed by atoms with van der Waals surface area (Å²) in [5.41, 5.74) is 5.40. The van der Waals surface area contributed by atoms with Crippen molar-refractivity contribution in [1.82, 2.24) is 14.5 Å². The minimum Gasteiger partial charge on any atom is -0.383 e. The normalized spacial score (nSPS) is 10.2. The molecule has 2 N–H and O–H groups in total. The average Bonchev–Trinajstić information content (AvgIpc) is 2.34. The fraction of sp³-hybridized carbons (Fsp3) is 0.100. The maximum absolute atomic E-state index is 11.5. The molecule has 0 bridgehead atoms. The third-order valence-corrected chi connectivity index (χ3v) is 2.32. The van der Waals surface area contributed by atoms with E-state index in [4.69, 9.17) is 5.73 Å². The lowest BCUT2D eigenvalue weighted by molar-refractivity contribution is -0.385. The van der Waals surface area contributed by atoms with Crippen LogP contribution >= 0.6 is 0 Å². The Labute approximate surface area is 101 Å². The summed E-state index contributed by atoms with van der Waals surface area (Å²) < 4.78 is 1.12. The second kappa shape index (κ2) is 4.62. The Morgan fingerprint density at radius 3 is 2.89 bits per heavy atom. The quantitative estimate of drug-likeness (QED) is 0.610. The fourth-order valence-corrected chi connectivity index (χ4v) is 1.42. The highest BCUT2D eigenvalue weighted by molar-refractivity contribution is 5.38. The first kappa shape index (κ1) is 11.7. The van der Waals surface area contributed by atoms with Gasteiger partial charge in [-0.15, -0.1) is 0 Å². The third-order valence-electron chi connectivity index (χ3n) is 2.32. The Morgan fingerprint density at radius 2 is 2.22 bits per heavy atom. The lowest BCUT2D eigenvalue weighted by Gasteiger charge is -2.06. The first-order valence-corrected chi connectivity index (χ1v) is 4.98. The van der Waals surface area contributed by atoms with Crippen LogP contribution in [0.5, 0.6) is 0 Å². The lowest BCUT2D eigenvalue weighted by Crippen LogP contribution is -2.23. The summed E-state index contributed by atoms with van der Waals surface area (Å²) in [6, 6.07) is 3.36. The van der Waals surface area contributed by atoms with Crippen LogP contribution in [0.2, 0.25) is 0 Å². The molecule has 2 heterocycles. The van der Waals surface area contributed by atoms with Gasteiger partial charge >= 0.3 is 11.4 Å². The van der Waals surface area contributed by atoms with Crippen molar-refractivity contribution in [2.45, 2.75) is 6.54 Å². The molecule has 2 rings (SSSR count). The molecule has 92 valence electrons. The van der Waals surface area contributed by atoms with Gasteiger partial charge in [0, 0.05) is 11.8 Å². The molecule has 0 amide bonds. The summed E-state index contributed by atoms with van der Waals surface area (Å²) in [6.07, 6.45) is 3.57. The van der Waals surface area contributed by atoms with Gasteiger partial charge in [-0.25, -0.2) is 9.78 Å².